The van der Waals surface area contributed by atoms with Gasteiger partial charge in [0.2, 0.25) is 0 Å². The molecule has 2 unspecified atom stereocenters. The molecule has 1 aromatic rings. The maximum absolute atomic E-state index is 5.75. The second kappa shape index (κ2) is 12.7. The second-order valence-electron chi connectivity index (χ2n) is 7.78. The fraction of sp³-hybridized carbons (Fsp3) is 0.762. The number of nitrogens with one attached hydrogen (secondary N) is 2. The highest BCUT2D eigenvalue weighted by Crippen LogP contribution is 2.25. The average Bonchev–Trinajstić information content (AvgIpc) is 3.39. The van der Waals surface area contributed by atoms with Gasteiger partial charge in [0, 0.05) is 19.6 Å². The van der Waals surface area contributed by atoms with Crippen LogP contribution in [0.25, 0.3) is 0 Å². The molecule has 0 saturated carbocycles. The smallest absolute Gasteiger partial charge is 0.191 e. The topological polar surface area (TPSA) is 56.0 Å². The van der Waals surface area contributed by atoms with E-state index in [0.717, 1.165) is 56.9 Å². The molecule has 3 rings (SSSR count). The molecule has 160 valence electrons. The molecule has 2 N–H and O–H groups in total. The molecule has 1 aromatic heterocycles. The molecule has 2 aliphatic rings. The zero-order chi connectivity index (χ0) is 18.9. The van der Waals surface area contributed by atoms with E-state index in [1.54, 1.807) is 6.26 Å². The summed E-state index contributed by atoms with van der Waals surface area (Å²) in [6.45, 7) is 12.8. The van der Waals surface area contributed by atoms with Crippen molar-refractivity contribution in [1.82, 2.24) is 20.4 Å². The molecule has 28 heavy (non-hydrogen) atoms. The van der Waals surface area contributed by atoms with Gasteiger partial charge in [0.05, 0.1) is 18.8 Å². The quantitative estimate of drug-likeness (QED) is 0.324. The molecule has 0 bridgehead atoms. The van der Waals surface area contributed by atoms with E-state index in [9.17, 15) is 0 Å². The fourth-order valence-electron chi connectivity index (χ4n) is 4.22. The Morgan fingerprint density at radius 1 is 1.21 bits per heavy atom. The third kappa shape index (κ3) is 6.91. The normalized spacial score (nSPS) is 22.6. The van der Waals surface area contributed by atoms with Crippen molar-refractivity contribution in [2.45, 2.75) is 45.6 Å². The SMILES string of the molecule is CCNC(=NCC(c1ccco1)N1CCCCC1)NCC1CCN(CC)C1.I. The van der Waals surface area contributed by atoms with Crippen LogP contribution in [0.4, 0.5) is 0 Å². The van der Waals surface area contributed by atoms with Gasteiger partial charge in [-0.3, -0.25) is 9.89 Å². The Morgan fingerprint density at radius 3 is 2.68 bits per heavy atom. The van der Waals surface area contributed by atoms with Gasteiger partial charge in [0.1, 0.15) is 5.76 Å². The molecule has 0 spiro atoms. The van der Waals surface area contributed by atoms with E-state index in [1.807, 2.05) is 6.07 Å². The summed E-state index contributed by atoms with van der Waals surface area (Å²) in [5.74, 6) is 2.68. The van der Waals surface area contributed by atoms with Crippen molar-refractivity contribution >= 4 is 29.9 Å². The lowest BCUT2D eigenvalue weighted by Gasteiger charge is -2.32. The summed E-state index contributed by atoms with van der Waals surface area (Å²) in [6.07, 6.45) is 6.94. The summed E-state index contributed by atoms with van der Waals surface area (Å²) in [6, 6.07) is 4.31. The van der Waals surface area contributed by atoms with Crippen molar-refractivity contribution in [2.75, 3.05) is 52.4 Å². The number of halogens is 1. The van der Waals surface area contributed by atoms with Gasteiger partial charge in [-0.25, -0.2) is 0 Å². The number of piperidine rings is 1. The van der Waals surface area contributed by atoms with Crippen molar-refractivity contribution < 1.29 is 4.42 Å². The number of furan rings is 1. The van der Waals surface area contributed by atoms with Crippen LogP contribution in [0.5, 0.6) is 0 Å². The minimum atomic E-state index is 0. The summed E-state index contributed by atoms with van der Waals surface area (Å²) < 4.78 is 5.75. The third-order valence-corrected chi connectivity index (χ3v) is 5.84. The lowest BCUT2D eigenvalue weighted by Crippen LogP contribution is -2.41. The Kier molecular flexibility index (Phi) is 10.6. The van der Waals surface area contributed by atoms with E-state index in [2.05, 4.69) is 40.3 Å². The Hall–Kier alpha value is -0.800. The van der Waals surface area contributed by atoms with Crippen LogP contribution in [-0.4, -0.2) is 68.1 Å². The highest BCUT2D eigenvalue weighted by atomic mass is 127. The number of guanidine groups is 1. The monoisotopic (exact) mass is 503 g/mol. The van der Waals surface area contributed by atoms with Crippen LogP contribution in [0, 0.1) is 5.92 Å². The van der Waals surface area contributed by atoms with Crippen molar-refractivity contribution in [2.24, 2.45) is 10.9 Å². The second-order valence-corrected chi connectivity index (χ2v) is 7.78. The molecule has 7 heteroatoms. The van der Waals surface area contributed by atoms with E-state index in [0.29, 0.717) is 0 Å². The van der Waals surface area contributed by atoms with E-state index in [4.69, 9.17) is 9.41 Å². The number of rotatable bonds is 8. The van der Waals surface area contributed by atoms with Gasteiger partial charge in [-0.1, -0.05) is 13.3 Å². The van der Waals surface area contributed by atoms with Gasteiger partial charge in [-0.05, 0) is 70.4 Å². The predicted octanol–water partition coefficient (Wildman–Crippen LogP) is 3.32. The summed E-state index contributed by atoms with van der Waals surface area (Å²) >= 11 is 0. The van der Waals surface area contributed by atoms with Crippen molar-refractivity contribution in [3.63, 3.8) is 0 Å². The molecule has 0 amide bonds. The van der Waals surface area contributed by atoms with E-state index >= 15 is 0 Å². The molecular formula is C21H38IN5O. The average molecular weight is 503 g/mol. The van der Waals surface area contributed by atoms with Crippen LogP contribution >= 0.6 is 24.0 Å². The first kappa shape index (κ1) is 23.5. The standard InChI is InChI=1S/C21H37N5O.HI/c1-3-22-21(23-15-18-10-13-25(4-2)17-18)24-16-19(20-9-8-14-27-20)26-11-6-5-7-12-26;/h8-9,14,18-19H,3-7,10-13,15-17H2,1-2H3,(H2,22,23,24);1H. The van der Waals surface area contributed by atoms with Crippen LogP contribution in [0.15, 0.2) is 27.8 Å². The zero-order valence-corrected chi connectivity index (χ0v) is 19.9. The number of aliphatic imine (C=N–C) groups is 1. The van der Waals surface area contributed by atoms with E-state index in [-0.39, 0.29) is 30.0 Å². The summed E-state index contributed by atoms with van der Waals surface area (Å²) in [4.78, 5) is 9.98. The predicted molar refractivity (Wildman–Crippen MR) is 126 cm³/mol. The summed E-state index contributed by atoms with van der Waals surface area (Å²) in [7, 11) is 0. The summed E-state index contributed by atoms with van der Waals surface area (Å²) in [5.41, 5.74) is 0. The Morgan fingerprint density at radius 2 is 2.04 bits per heavy atom. The Labute approximate surface area is 187 Å². The van der Waals surface area contributed by atoms with Gasteiger partial charge in [0.15, 0.2) is 5.96 Å². The van der Waals surface area contributed by atoms with Gasteiger partial charge >= 0.3 is 0 Å². The van der Waals surface area contributed by atoms with Gasteiger partial charge in [-0.2, -0.15) is 0 Å². The molecule has 2 atom stereocenters. The lowest BCUT2D eigenvalue weighted by molar-refractivity contribution is 0.150. The van der Waals surface area contributed by atoms with Crippen LogP contribution in [0.1, 0.15) is 51.3 Å². The molecule has 3 heterocycles. The van der Waals surface area contributed by atoms with Crippen LogP contribution in [0.2, 0.25) is 0 Å². The molecule has 0 aromatic carbocycles. The van der Waals surface area contributed by atoms with Crippen molar-refractivity contribution in [1.29, 1.82) is 0 Å². The molecule has 2 fully saturated rings. The molecule has 0 radical (unpaired) electrons. The van der Waals surface area contributed by atoms with E-state index < -0.39 is 0 Å². The minimum Gasteiger partial charge on any atom is -0.468 e. The van der Waals surface area contributed by atoms with Crippen LogP contribution in [0.3, 0.4) is 0 Å². The first-order valence-electron chi connectivity index (χ1n) is 10.8. The minimum absolute atomic E-state index is 0. The number of hydrogen-bond acceptors (Lipinski definition) is 4. The van der Waals surface area contributed by atoms with Crippen LogP contribution < -0.4 is 10.6 Å². The maximum atomic E-state index is 5.75. The van der Waals surface area contributed by atoms with Gasteiger partial charge in [-0.15, -0.1) is 24.0 Å². The number of likely N-dealkylation sites (tertiary alicyclic amines) is 2. The van der Waals surface area contributed by atoms with E-state index in [1.165, 1.54) is 38.8 Å². The highest BCUT2D eigenvalue weighted by molar-refractivity contribution is 14.0. The molecular weight excluding hydrogens is 465 g/mol. The molecule has 0 aliphatic carbocycles. The number of hydrogen-bond donors (Lipinski definition) is 2. The van der Waals surface area contributed by atoms with Gasteiger partial charge in [0.25, 0.3) is 0 Å². The molecule has 2 saturated heterocycles. The maximum Gasteiger partial charge on any atom is 0.191 e. The first-order valence-corrected chi connectivity index (χ1v) is 10.8. The van der Waals surface area contributed by atoms with Crippen molar-refractivity contribution in [3.8, 4) is 0 Å². The van der Waals surface area contributed by atoms with Crippen LogP contribution in [-0.2, 0) is 0 Å². The Bertz CT molecular complexity index is 559. The highest BCUT2D eigenvalue weighted by Gasteiger charge is 2.25. The summed E-state index contributed by atoms with van der Waals surface area (Å²) in [5, 5.41) is 6.99. The number of nitrogens with zero attached hydrogens (tertiary/aromatic N) is 3. The fourth-order valence-corrected chi connectivity index (χ4v) is 4.22. The molecule has 2 aliphatic heterocycles. The first-order chi connectivity index (χ1) is 13.3. The largest absolute Gasteiger partial charge is 0.468 e. The molecule has 6 nitrogen and oxygen atoms in total. The Balaban J connectivity index is 0.00000280. The van der Waals surface area contributed by atoms with Crippen molar-refractivity contribution in [3.05, 3.63) is 24.2 Å². The lowest BCUT2D eigenvalue weighted by atomic mass is 10.1. The van der Waals surface area contributed by atoms with Gasteiger partial charge < -0.3 is 20.0 Å². The zero-order valence-electron chi connectivity index (χ0n) is 17.5. The third-order valence-electron chi connectivity index (χ3n) is 5.84.